The summed E-state index contributed by atoms with van der Waals surface area (Å²) in [6, 6.07) is 13.5. The Hall–Kier alpha value is -2.26. The number of morpholine rings is 1. The molecule has 29 heavy (non-hydrogen) atoms. The van der Waals surface area contributed by atoms with Crippen LogP contribution in [-0.2, 0) is 19.5 Å². The number of ether oxygens (including phenoxy) is 2. The van der Waals surface area contributed by atoms with Gasteiger partial charge in [-0.05, 0) is 24.6 Å². The molecule has 1 heterocycles. The number of esters is 1. The first-order valence-corrected chi connectivity index (χ1v) is 11.1. The molecule has 0 unspecified atom stereocenters. The third-order valence-electron chi connectivity index (χ3n) is 5.05. The molecule has 2 aromatic rings. The van der Waals surface area contributed by atoms with Gasteiger partial charge in [-0.1, -0.05) is 42.0 Å². The second-order valence-electron chi connectivity index (χ2n) is 7.14. The van der Waals surface area contributed by atoms with E-state index in [9.17, 15) is 13.2 Å². The number of nitrogens with one attached hydrogen (secondary N) is 2. The fourth-order valence-corrected chi connectivity index (χ4v) is 4.83. The van der Waals surface area contributed by atoms with Gasteiger partial charge in [0.1, 0.15) is 13.1 Å². The highest BCUT2D eigenvalue weighted by molar-refractivity contribution is 7.89. The number of aryl methyl sites for hydroxylation is 1. The van der Waals surface area contributed by atoms with Crippen LogP contribution in [0.15, 0.2) is 53.4 Å². The quantitative estimate of drug-likeness (QED) is 0.646. The van der Waals surface area contributed by atoms with Gasteiger partial charge in [0.2, 0.25) is 10.0 Å². The molecule has 1 atom stereocenters. The van der Waals surface area contributed by atoms with Crippen molar-refractivity contribution in [1.29, 1.82) is 0 Å². The van der Waals surface area contributed by atoms with Crippen LogP contribution in [0.3, 0.4) is 0 Å². The summed E-state index contributed by atoms with van der Waals surface area (Å²) in [5, 5.41) is 0. The first-order chi connectivity index (χ1) is 13.9. The van der Waals surface area contributed by atoms with E-state index in [-0.39, 0.29) is 10.5 Å². The van der Waals surface area contributed by atoms with Crippen LogP contribution in [0.25, 0.3) is 0 Å². The lowest BCUT2D eigenvalue weighted by Crippen LogP contribution is -3.14. The van der Waals surface area contributed by atoms with Gasteiger partial charge < -0.3 is 14.4 Å². The van der Waals surface area contributed by atoms with E-state index >= 15 is 0 Å². The van der Waals surface area contributed by atoms with E-state index in [1.807, 2.05) is 31.2 Å². The molecule has 2 aromatic carbocycles. The van der Waals surface area contributed by atoms with Crippen molar-refractivity contribution in [3.63, 3.8) is 0 Å². The maximum absolute atomic E-state index is 13.2. The molecule has 1 fully saturated rings. The van der Waals surface area contributed by atoms with Crippen LogP contribution in [0, 0.1) is 6.92 Å². The molecule has 2 N–H and O–H groups in total. The van der Waals surface area contributed by atoms with E-state index in [0.717, 1.165) is 24.2 Å². The van der Waals surface area contributed by atoms with Crippen LogP contribution in [-0.4, -0.2) is 54.3 Å². The highest BCUT2D eigenvalue weighted by Gasteiger charge is 2.29. The van der Waals surface area contributed by atoms with Crippen molar-refractivity contribution in [3.05, 3.63) is 65.2 Å². The minimum Gasteiger partial charge on any atom is -0.465 e. The third kappa shape index (κ3) is 5.42. The minimum absolute atomic E-state index is 0.0175. The fraction of sp³-hybridized carbons (Fsp3) is 0.381. The summed E-state index contributed by atoms with van der Waals surface area (Å²) in [7, 11) is -2.72. The Morgan fingerprint density at radius 1 is 1.14 bits per heavy atom. The van der Waals surface area contributed by atoms with Gasteiger partial charge in [-0.2, -0.15) is 4.72 Å². The minimum atomic E-state index is -3.95. The van der Waals surface area contributed by atoms with Gasteiger partial charge in [-0.25, -0.2) is 13.2 Å². The van der Waals surface area contributed by atoms with Crippen LogP contribution in [0.4, 0.5) is 0 Å². The van der Waals surface area contributed by atoms with Crippen molar-refractivity contribution in [2.75, 3.05) is 40.0 Å². The van der Waals surface area contributed by atoms with Gasteiger partial charge >= 0.3 is 5.97 Å². The predicted molar refractivity (Wildman–Crippen MR) is 108 cm³/mol. The second kappa shape index (κ2) is 9.49. The summed E-state index contributed by atoms with van der Waals surface area (Å²) in [4.78, 5) is 13.2. The maximum atomic E-state index is 13.2. The summed E-state index contributed by atoms with van der Waals surface area (Å²) in [5.41, 5.74) is 2.00. The van der Waals surface area contributed by atoms with E-state index in [1.54, 1.807) is 12.1 Å². The van der Waals surface area contributed by atoms with E-state index in [1.165, 1.54) is 24.1 Å². The number of benzene rings is 2. The molecule has 0 amide bonds. The molecule has 7 nitrogen and oxygen atoms in total. The number of quaternary nitrogens is 1. The molecule has 0 aromatic heterocycles. The van der Waals surface area contributed by atoms with Crippen molar-refractivity contribution in [3.8, 4) is 0 Å². The zero-order valence-electron chi connectivity index (χ0n) is 16.7. The highest BCUT2D eigenvalue weighted by atomic mass is 32.2. The Labute approximate surface area is 171 Å². The molecule has 0 spiro atoms. The molecule has 3 rings (SSSR count). The molecule has 0 aliphatic carbocycles. The molecule has 0 bridgehead atoms. The number of carbonyl (C=O) groups is 1. The number of hydrogen-bond acceptors (Lipinski definition) is 5. The Bertz CT molecular complexity index is 938. The van der Waals surface area contributed by atoms with E-state index in [0.29, 0.717) is 19.8 Å². The molecule has 8 heteroatoms. The van der Waals surface area contributed by atoms with Crippen molar-refractivity contribution in [1.82, 2.24) is 4.72 Å². The fourth-order valence-electron chi connectivity index (χ4n) is 3.41. The monoisotopic (exact) mass is 419 g/mol. The van der Waals surface area contributed by atoms with Gasteiger partial charge in [0.05, 0.1) is 43.4 Å². The summed E-state index contributed by atoms with van der Waals surface area (Å²) >= 11 is 0. The first kappa shape index (κ1) is 21.4. The highest BCUT2D eigenvalue weighted by Crippen LogP contribution is 2.20. The van der Waals surface area contributed by atoms with Crippen LogP contribution in [0.2, 0.25) is 0 Å². The SMILES string of the molecule is COC(=O)c1ccccc1S(=O)(=O)N[C@@H](C[NH+]1CCOCC1)c1ccc(C)cc1. The van der Waals surface area contributed by atoms with Crippen LogP contribution in [0.5, 0.6) is 0 Å². The molecule has 0 radical (unpaired) electrons. The van der Waals surface area contributed by atoms with Gasteiger partial charge in [-0.3, -0.25) is 0 Å². The Morgan fingerprint density at radius 3 is 2.45 bits per heavy atom. The molecule has 156 valence electrons. The average Bonchev–Trinajstić information content (AvgIpc) is 2.74. The zero-order chi connectivity index (χ0) is 20.9. The number of sulfonamides is 1. The lowest BCUT2D eigenvalue weighted by atomic mass is 10.1. The summed E-state index contributed by atoms with van der Waals surface area (Å²) in [6.07, 6.45) is 0. The van der Waals surface area contributed by atoms with Gasteiger partial charge in [0.25, 0.3) is 0 Å². The topological polar surface area (TPSA) is 86.1 Å². The number of hydrogen-bond donors (Lipinski definition) is 2. The van der Waals surface area contributed by atoms with Gasteiger partial charge in [0, 0.05) is 0 Å². The molecule has 0 saturated carbocycles. The van der Waals surface area contributed by atoms with E-state index in [4.69, 9.17) is 9.47 Å². The molecule has 1 saturated heterocycles. The van der Waals surface area contributed by atoms with Crippen molar-refractivity contribution >= 4 is 16.0 Å². The van der Waals surface area contributed by atoms with E-state index in [2.05, 4.69) is 4.72 Å². The number of carbonyl (C=O) groups excluding carboxylic acids is 1. The Kier molecular flexibility index (Phi) is 7.02. The van der Waals surface area contributed by atoms with E-state index < -0.39 is 22.0 Å². The van der Waals surface area contributed by atoms with Gasteiger partial charge in [0.15, 0.2) is 0 Å². The summed E-state index contributed by atoms with van der Waals surface area (Å²) in [5.74, 6) is -0.684. The molecular weight excluding hydrogens is 392 g/mol. The van der Waals surface area contributed by atoms with Gasteiger partial charge in [-0.15, -0.1) is 0 Å². The van der Waals surface area contributed by atoms with Crippen LogP contribution >= 0.6 is 0 Å². The average molecular weight is 420 g/mol. The standard InChI is InChI=1S/C21H26N2O5S/c1-16-7-9-17(10-8-16)19(15-23-11-13-28-14-12-23)22-29(25,26)20-6-4-3-5-18(20)21(24)27-2/h3-10,19,22H,11-15H2,1-2H3/p+1/t19-/m0/s1. The van der Waals surface area contributed by atoms with Crippen molar-refractivity contribution < 1.29 is 27.6 Å². The normalized spacial score (nSPS) is 16.3. The summed E-state index contributed by atoms with van der Waals surface area (Å²) < 4.78 is 39.4. The zero-order valence-corrected chi connectivity index (χ0v) is 17.5. The lowest BCUT2D eigenvalue weighted by molar-refractivity contribution is -0.909. The smallest absolute Gasteiger partial charge is 0.339 e. The predicted octanol–water partition coefficient (Wildman–Crippen LogP) is 0.716. The number of rotatable bonds is 7. The van der Waals surface area contributed by atoms with Crippen LogP contribution in [0.1, 0.15) is 27.5 Å². The van der Waals surface area contributed by atoms with Crippen LogP contribution < -0.4 is 9.62 Å². The third-order valence-corrected chi connectivity index (χ3v) is 6.58. The Morgan fingerprint density at radius 2 is 1.79 bits per heavy atom. The molecule has 1 aliphatic rings. The summed E-state index contributed by atoms with van der Waals surface area (Å²) in [6.45, 7) is 5.54. The van der Waals surface area contributed by atoms with Crippen molar-refractivity contribution in [2.24, 2.45) is 0 Å². The lowest BCUT2D eigenvalue weighted by Gasteiger charge is -2.28. The first-order valence-electron chi connectivity index (χ1n) is 9.58. The Balaban J connectivity index is 1.92. The second-order valence-corrected chi connectivity index (χ2v) is 8.82. The van der Waals surface area contributed by atoms with Crippen molar-refractivity contribution in [2.45, 2.75) is 17.9 Å². The number of methoxy groups -OCH3 is 1. The molecular formula is C21H27N2O5S+. The maximum Gasteiger partial charge on any atom is 0.339 e. The largest absolute Gasteiger partial charge is 0.465 e. The molecule has 1 aliphatic heterocycles.